The van der Waals surface area contributed by atoms with Crippen molar-refractivity contribution in [2.45, 2.75) is 0 Å². The zero-order chi connectivity index (χ0) is 9.42. The van der Waals surface area contributed by atoms with Gasteiger partial charge in [0.25, 0.3) is 5.24 Å². The molecule has 0 atom stereocenters. The quantitative estimate of drug-likeness (QED) is 0.706. The molecule has 2 heterocycles. The number of nitrogens with zero attached hydrogens (tertiary/aromatic N) is 1. The molecule has 5 heteroatoms. The van der Waals surface area contributed by atoms with Crippen molar-refractivity contribution in [3.8, 4) is 0 Å². The lowest BCUT2D eigenvalue weighted by Gasteiger charge is -1.97. The van der Waals surface area contributed by atoms with Crippen molar-refractivity contribution in [1.29, 1.82) is 0 Å². The third kappa shape index (κ3) is 1.43. The smallest absolute Gasteiger partial charge is 0.255 e. The van der Waals surface area contributed by atoms with Gasteiger partial charge in [-0.25, -0.2) is 0 Å². The van der Waals surface area contributed by atoms with E-state index >= 15 is 0 Å². The number of thiophene rings is 1. The van der Waals surface area contributed by atoms with Crippen molar-refractivity contribution in [2.24, 2.45) is 0 Å². The average Bonchev–Trinajstić information content (AvgIpc) is 2.52. The van der Waals surface area contributed by atoms with Gasteiger partial charge in [-0.05, 0) is 23.0 Å². The van der Waals surface area contributed by atoms with E-state index in [1.165, 1.54) is 17.5 Å². The molecule has 2 aromatic heterocycles. The number of rotatable bonds is 1. The maximum Gasteiger partial charge on any atom is 0.255 e. The zero-order valence-electron chi connectivity index (χ0n) is 6.25. The van der Waals surface area contributed by atoms with Gasteiger partial charge in [-0.2, -0.15) is 0 Å². The van der Waals surface area contributed by atoms with Crippen LogP contribution in [-0.2, 0) is 0 Å². The van der Waals surface area contributed by atoms with Crippen LogP contribution >= 0.6 is 34.5 Å². The Labute approximate surface area is 88.1 Å². The molecule has 0 radical (unpaired) electrons. The van der Waals surface area contributed by atoms with Crippen molar-refractivity contribution in [3.63, 3.8) is 0 Å². The van der Waals surface area contributed by atoms with Crippen LogP contribution in [0.1, 0.15) is 10.4 Å². The summed E-state index contributed by atoms with van der Waals surface area (Å²) in [5, 5.41) is 1.68. The molecule has 0 spiro atoms. The van der Waals surface area contributed by atoms with E-state index in [9.17, 15) is 4.79 Å². The molecule has 0 saturated carbocycles. The molecule has 0 amide bonds. The zero-order valence-corrected chi connectivity index (χ0v) is 8.58. The van der Waals surface area contributed by atoms with E-state index in [-0.39, 0.29) is 5.56 Å². The van der Waals surface area contributed by atoms with Gasteiger partial charge in [0.2, 0.25) is 0 Å². The van der Waals surface area contributed by atoms with Gasteiger partial charge in [0.05, 0.1) is 20.8 Å². The van der Waals surface area contributed by atoms with Gasteiger partial charge in [-0.1, -0.05) is 11.6 Å². The Kier molecular flexibility index (Phi) is 2.24. The summed E-state index contributed by atoms with van der Waals surface area (Å²) in [5.74, 6) is 0. The van der Waals surface area contributed by atoms with E-state index in [2.05, 4.69) is 4.98 Å². The Bertz CT molecular complexity index is 480. The maximum atomic E-state index is 10.9. The van der Waals surface area contributed by atoms with E-state index < -0.39 is 5.24 Å². The van der Waals surface area contributed by atoms with Gasteiger partial charge >= 0.3 is 0 Å². The van der Waals surface area contributed by atoms with Crippen LogP contribution < -0.4 is 0 Å². The van der Waals surface area contributed by atoms with Gasteiger partial charge < -0.3 is 0 Å². The molecule has 0 unspecified atom stereocenters. The first-order valence-electron chi connectivity index (χ1n) is 3.41. The fourth-order valence-corrected chi connectivity index (χ4v) is 2.36. The molecule has 0 bridgehead atoms. The monoisotopic (exact) mass is 231 g/mol. The first-order valence-corrected chi connectivity index (χ1v) is 5.05. The number of aromatic nitrogens is 1. The molecule has 66 valence electrons. The molecule has 2 aromatic rings. The van der Waals surface area contributed by atoms with E-state index in [0.29, 0.717) is 5.02 Å². The number of fused-ring (bicyclic) bond motifs is 1. The molecule has 2 nitrogen and oxygen atoms in total. The van der Waals surface area contributed by atoms with Gasteiger partial charge in [-0.15, -0.1) is 11.3 Å². The van der Waals surface area contributed by atoms with Gasteiger partial charge in [0, 0.05) is 6.20 Å². The summed E-state index contributed by atoms with van der Waals surface area (Å²) in [6.45, 7) is 0. The highest BCUT2D eigenvalue weighted by molar-refractivity contribution is 7.17. The molecule has 0 aliphatic heterocycles. The number of carbonyl (C=O) groups excluding carboxylic acids is 1. The summed E-state index contributed by atoms with van der Waals surface area (Å²) in [6.07, 6.45) is 1.40. The van der Waals surface area contributed by atoms with Crippen LogP contribution in [0.15, 0.2) is 17.6 Å². The van der Waals surface area contributed by atoms with Crippen LogP contribution in [0.25, 0.3) is 10.2 Å². The maximum absolute atomic E-state index is 10.9. The fourth-order valence-electron chi connectivity index (χ4n) is 1.02. The summed E-state index contributed by atoms with van der Waals surface area (Å²) >= 11 is 12.7. The number of halogens is 2. The SMILES string of the molecule is O=C(Cl)c1cnc2ccsc2c1Cl. The van der Waals surface area contributed by atoms with Gasteiger partial charge in [-0.3, -0.25) is 9.78 Å². The summed E-state index contributed by atoms with van der Waals surface area (Å²) in [6, 6.07) is 1.84. The summed E-state index contributed by atoms with van der Waals surface area (Å²) in [4.78, 5) is 14.9. The summed E-state index contributed by atoms with van der Waals surface area (Å²) < 4.78 is 0.799. The molecule has 0 aliphatic carbocycles. The number of pyridine rings is 1. The number of hydrogen-bond acceptors (Lipinski definition) is 3. The minimum Gasteiger partial charge on any atom is -0.275 e. The van der Waals surface area contributed by atoms with E-state index in [4.69, 9.17) is 23.2 Å². The van der Waals surface area contributed by atoms with E-state index in [1.807, 2.05) is 11.4 Å². The fraction of sp³-hybridized carbons (Fsp3) is 0. The Morgan fingerprint density at radius 3 is 3.00 bits per heavy atom. The van der Waals surface area contributed by atoms with Gasteiger partial charge in [0.15, 0.2) is 0 Å². The Morgan fingerprint density at radius 1 is 1.54 bits per heavy atom. The number of hydrogen-bond donors (Lipinski definition) is 0. The topological polar surface area (TPSA) is 30.0 Å². The highest BCUT2D eigenvalue weighted by Crippen LogP contribution is 2.30. The van der Waals surface area contributed by atoms with Gasteiger partial charge in [0.1, 0.15) is 0 Å². The first kappa shape index (κ1) is 8.94. The van der Waals surface area contributed by atoms with Crippen LogP contribution in [0.5, 0.6) is 0 Å². The molecular formula is C8H3Cl2NOS. The lowest BCUT2D eigenvalue weighted by molar-refractivity contribution is 0.108. The van der Waals surface area contributed by atoms with Crippen LogP contribution in [0, 0.1) is 0 Å². The predicted octanol–water partition coefficient (Wildman–Crippen LogP) is 3.33. The first-order chi connectivity index (χ1) is 6.20. The third-order valence-corrected chi connectivity index (χ3v) is 3.25. The second kappa shape index (κ2) is 3.25. The van der Waals surface area contributed by atoms with Crippen molar-refractivity contribution >= 4 is 50.0 Å². The average molecular weight is 232 g/mol. The predicted molar refractivity (Wildman–Crippen MR) is 54.8 cm³/mol. The molecular weight excluding hydrogens is 229 g/mol. The standard InChI is InChI=1S/C8H3Cl2NOS/c9-6-4(8(10)12)3-11-5-1-2-13-7(5)6/h1-3H. The third-order valence-electron chi connectivity index (χ3n) is 1.62. The Morgan fingerprint density at radius 2 is 2.31 bits per heavy atom. The summed E-state index contributed by atoms with van der Waals surface area (Å²) in [7, 11) is 0. The molecule has 0 N–H and O–H groups in total. The molecule has 0 aliphatic rings. The summed E-state index contributed by atoms with van der Waals surface area (Å²) in [5.41, 5.74) is 1.05. The number of carbonyl (C=O) groups is 1. The second-order valence-corrected chi connectivity index (χ2v) is 4.03. The van der Waals surface area contributed by atoms with Crippen molar-refractivity contribution in [3.05, 3.63) is 28.2 Å². The molecule has 0 aromatic carbocycles. The highest BCUT2D eigenvalue weighted by atomic mass is 35.5. The molecule has 0 saturated heterocycles. The minimum atomic E-state index is -0.576. The van der Waals surface area contributed by atoms with Crippen LogP contribution in [0.4, 0.5) is 0 Å². The molecule has 2 rings (SSSR count). The highest BCUT2D eigenvalue weighted by Gasteiger charge is 2.12. The Hall–Kier alpha value is -0.640. The van der Waals surface area contributed by atoms with Crippen molar-refractivity contribution in [2.75, 3.05) is 0 Å². The molecule has 13 heavy (non-hydrogen) atoms. The molecule has 0 fully saturated rings. The van der Waals surface area contributed by atoms with Crippen LogP contribution in [-0.4, -0.2) is 10.2 Å². The van der Waals surface area contributed by atoms with Crippen molar-refractivity contribution < 1.29 is 4.79 Å². The normalized spacial score (nSPS) is 10.6. The van der Waals surface area contributed by atoms with Crippen LogP contribution in [0.3, 0.4) is 0 Å². The second-order valence-electron chi connectivity index (χ2n) is 2.39. The van der Waals surface area contributed by atoms with E-state index in [0.717, 1.165) is 10.2 Å². The Balaban J connectivity index is 2.80. The van der Waals surface area contributed by atoms with Crippen molar-refractivity contribution in [1.82, 2.24) is 4.98 Å². The largest absolute Gasteiger partial charge is 0.275 e. The lowest BCUT2D eigenvalue weighted by atomic mass is 10.3. The van der Waals surface area contributed by atoms with Crippen LogP contribution in [0.2, 0.25) is 5.02 Å². The lowest BCUT2D eigenvalue weighted by Crippen LogP contribution is -1.91. The van der Waals surface area contributed by atoms with E-state index in [1.54, 1.807) is 0 Å². The minimum absolute atomic E-state index is 0.262.